The Labute approximate surface area is 128 Å². The van der Waals surface area contributed by atoms with Crippen molar-refractivity contribution >= 4 is 12.0 Å². The molecule has 1 aromatic carbocycles. The standard InChI is InChI=1S/C15H17N3O4/c1-20-13-5-3-4-11(15(13)21-2)9-22-14-7-6-12(8-16-14)17-10-18-19/h3-8,10,19H,9H2,1-2H3,(H,17,18). The van der Waals surface area contributed by atoms with Gasteiger partial charge in [-0.25, -0.2) is 9.98 Å². The highest BCUT2D eigenvalue weighted by atomic mass is 16.5. The van der Waals surface area contributed by atoms with Crippen molar-refractivity contribution in [2.24, 2.45) is 4.99 Å². The van der Waals surface area contributed by atoms with Crippen molar-refractivity contribution in [3.63, 3.8) is 0 Å². The molecule has 0 aliphatic rings. The predicted molar refractivity (Wildman–Crippen MR) is 81.2 cm³/mol. The Balaban J connectivity index is 2.05. The first-order valence-corrected chi connectivity index (χ1v) is 6.49. The Morgan fingerprint density at radius 2 is 2.09 bits per heavy atom. The predicted octanol–water partition coefficient (Wildman–Crippen LogP) is 2.32. The van der Waals surface area contributed by atoms with Crippen molar-refractivity contribution in [1.82, 2.24) is 10.5 Å². The maximum absolute atomic E-state index is 8.42. The van der Waals surface area contributed by atoms with Gasteiger partial charge in [-0.3, -0.25) is 10.7 Å². The SMILES string of the molecule is COc1cccc(COc2ccc(N=CNO)cn2)c1OC. The van der Waals surface area contributed by atoms with Crippen LogP contribution in [0.5, 0.6) is 17.4 Å². The molecule has 7 heteroatoms. The van der Waals surface area contributed by atoms with Gasteiger partial charge in [-0.1, -0.05) is 12.1 Å². The van der Waals surface area contributed by atoms with Gasteiger partial charge in [0.2, 0.25) is 5.88 Å². The molecule has 0 bridgehead atoms. The molecule has 7 nitrogen and oxygen atoms in total. The summed E-state index contributed by atoms with van der Waals surface area (Å²) < 4.78 is 16.2. The van der Waals surface area contributed by atoms with Crippen LogP contribution in [0, 0.1) is 0 Å². The number of nitrogens with zero attached hydrogens (tertiary/aromatic N) is 2. The number of pyridine rings is 1. The molecule has 0 atom stereocenters. The fourth-order valence-electron chi connectivity index (χ4n) is 1.86. The smallest absolute Gasteiger partial charge is 0.213 e. The van der Waals surface area contributed by atoms with Gasteiger partial charge >= 0.3 is 0 Å². The second-order valence-corrected chi connectivity index (χ2v) is 4.18. The van der Waals surface area contributed by atoms with Crippen LogP contribution in [-0.2, 0) is 6.61 Å². The van der Waals surface area contributed by atoms with Crippen molar-refractivity contribution in [2.75, 3.05) is 14.2 Å². The third-order valence-electron chi connectivity index (χ3n) is 2.85. The van der Waals surface area contributed by atoms with Crippen molar-refractivity contribution < 1.29 is 19.4 Å². The van der Waals surface area contributed by atoms with Crippen LogP contribution in [0.25, 0.3) is 0 Å². The Bertz CT molecular complexity index is 629. The number of ether oxygens (including phenoxy) is 3. The highest BCUT2D eigenvalue weighted by Crippen LogP contribution is 2.31. The van der Waals surface area contributed by atoms with Crippen molar-refractivity contribution in [3.05, 3.63) is 42.1 Å². The van der Waals surface area contributed by atoms with Crippen LogP contribution < -0.4 is 19.7 Å². The minimum Gasteiger partial charge on any atom is -0.493 e. The molecule has 0 saturated carbocycles. The number of hydroxylamine groups is 1. The van der Waals surface area contributed by atoms with Crippen molar-refractivity contribution in [1.29, 1.82) is 0 Å². The highest BCUT2D eigenvalue weighted by molar-refractivity contribution is 5.59. The molecule has 0 unspecified atom stereocenters. The van der Waals surface area contributed by atoms with Crippen LogP contribution in [0.4, 0.5) is 5.69 Å². The number of hydrogen-bond acceptors (Lipinski definition) is 6. The Kier molecular flexibility index (Phi) is 5.56. The minimum absolute atomic E-state index is 0.300. The van der Waals surface area contributed by atoms with E-state index in [2.05, 4.69) is 9.98 Å². The van der Waals surface area contributed by atoms with Gasteiger partial charge in [-0.15, -0.1) is 0 Å². The average Bonchev–Trinajstić information content (AvgIpc) is 2.58. The molecule has 22 heavy (non-hydrogen) atoms. The van der Waals surface area contributed by atoms with E-state index in [1.807, 2.05) is 23.7 Å². The highest BCUT2D eigenvalue weighted by Gasteiger charge is 2.10. The van der Waals surface area contributed by atoms with E-state index in [-0.39, 0.29) is 0 Å². The average molecular weight is 303 g/mol. The summed E-state index contributed by atoms with van der Waals surface area (Å²) >= 11 is 0. The van der Waals surface area contributed by atoms with Crippen LogP contribution in [-0.4, -0.2) is 30.7 Å². The van der Waals surface area contributed by atoms with E-state index in [1.165, 1.54) is 6.20 Å². The molecule has 2 rings (SSSR count). The molecule has 1 aromatic heterocycles. The maximum Gasteiger partial charge on any atom is 0.213 e. The molecule has 0 aliphatic carbocycles. The third kappa shape index (κ3) is 3.86. The normalized spacial score (nSPS) is 10.5. The summed E-state index contributed by atoms with van der Waals surface area (Å²) in [5, 5.41) is 8.42. The molecular weight excluding hydrogens is 286 g/mol. The summed E-state index contributed by atoms with van der Waals surface area (Å²) in [6.07, 6.45) is 2.69. The minimum atomic E-state index is 0.300. The third-order valence-corrected chi connectivity index (χ3v) is 2.85. The van der Waals surface area contributed by atoms with Crippen LogP contribution in [0.1, 0.15) is 5.56 Å². The van der Waals surface area contributed by atoms with E-state index in [9.17, 15) is 0 Å². The van der Waals surface area contributed by atoms with E-state index in [4.69, 9.17) is 19.4 Å². The lowest BCUT2D eigenvalue weighted by molar-refractivity contribution is 0.240. The molecule has 2 aromatic rings. The first-order chi connectivity index (χ1) is 10.8. The lowest BCUT2D eigenvalue weighted by Gasteiger charge is -2.13. The lowest BCUT2D eigenvalue weighted by atomic mass is 10.2. The monoisotopic (exact) mass is 303 g/mol. The number of hydrogen-bond donors (Lipinski definition) is 2. The number of methoxy groups -OCH3 is 2. The summed E-state index contributed by atoms with van der Waals surface area (Å²) in [4.78, 5) is 8.02. The van der Waals surface area contributed by atoms with Gasteiger partial charge in [-0.05, 0) is 12.1 Å². The molecule has 0 aliphatic heterocycles. The second-order valence-electron chi connectivity index (χ2n) is 4.18. The molecular formula is C15H17N3O4. The van der Waals surface area contributed by atoms with Crippen LogP contribution in [0.15, 0.2) is 41.5 Å². The van der Waals surface area contributed by atoms with Gasteiger partial charge in [0.05, 0.1) is 26.1 Å². The Hall–Kier alpha value is -2.80. The Morgan fingerprint density at radius 3 is 2.73 bits per heavy atom. The van der Waals surface area contributed by atoms with E-state index in [1.54, 1.807) is 26.4 Å². The van der Waals surface area contributed by atoms with Crippen molar-refractivity contribution in [3.8, 4) is 17.4 Å². The van der Waals surface area contributed by atoms with Crippen molar-refractivity contribution in [2.45, 2.75) is 6.61 Å². The molecule has 0 radical (unpaired) electrons. The van der Waals surface area contributed by atoms with Crippen LogP contribution in [0.2, 0.25) is 0 Å². The van der Waals surface area contributed by atoms with Gasteiger partial charge in [0.15, 0.2) is 11.5 Å². The maximum atomic E-state index is 8.42. The molecule has 0 spiro atoms. The Morgan fingerprint density at radius 1 is 1.23 bits per heavy atom. The van der Waals surface area contributed by atoms with E-state index in [0.717, 1.165) is 11.9 Å². The largest absolute Gasteiger partial charge is 0.493 e. The van der Waals surface area contributed by atoms with E-state index >= 15 is 0 Å². The zero-order chi connectivity index (χ0) is 15.8. The zero-order valence-electron chi connectivity index (χ0n) is 12.3. The number of aromatic nitrogens is 1. The lowest BCUT2D eigenvalue weighted by Crippen LogP contribution is -2.02. The molecule has 2 N–H and O–H groups in total. The molecule has 0 amide bonds. The topological polar surface area (TPSA) is 85.2 Å². The first-order valence-electron chi connectivity index (χ1n) is 6.49. The van der Waals surface area contributed by atoms with Gasteiger partial charge in [-0.2, -0.15) is 0 Å². The van der Waals surface area contributed by atoms with Gasteiger partial charge in [0.1, 0.15) is 12.9 Å². The number of para-hydroxylation sites is 1. The van der Waals surface area contributed by atoms with Gasteiger partial charge in [0, 0.05) is 11.6 Å². The van der Waals surface area contributed by atoms with Gasteiger partial charge < -0.3 is 14.2 Å². The molecule has 0 saturated heterocycles. The quantitative estimate of drug-likeness (QED) is 0.464. The van der Waals surface area contributed by atoms with Crippen LogP contribution >= 0.6 is 0 Å². The summed E-state index contributed by atoms with van der Waals surface area (Å²) in [6, 6.07) is 9.00. The molecule has 116 valence electrons. The second kappa shape index (κ2) is 7.84. The fraction of sp³-hybridized carbons (Fsp3) is 0.200. The van der Waals surface area contributed by atoms with Gasteiger partial charge in [0.25, 0.3) is 0 Å². The summed E-state index contributed by atoms with van der Waals surface area (Å²) in [5.74, 6) is 1.75. The number of benzene rings is 1. The number of aliphatic imine (C=N–C) groups is 1. The number of nitrogens with one attached hydrogen (secondary N) is 1. The molecule has 1 heterocycles. The first kappa shape index (κ1) is 15.6. The summed E-state index contributed by atoms with van der Waals surface area (Å²) in [5.41, 5.74) is 3.27. The number of rotatable bonds is 7. The summed E-state index contributed by atoms with van der Waals surface area (Å²) in [7, 11) is 3.17. The zero-order valence-corrected chi connectivity index (χ0v) is 12.3. The van der Waals surface area contributed by atoms with Crippen LogP contribution in [0.3, 0.4) is 0 Å². The molecule has 0 fully saturated rings. The fourth-order valence-corrected chi connectivity index (χ4v) is 1.86. The van der Waals surface area contributed by atoms with E-state index < -0.39 is 0 Å². The summed E-state index contributed by atoms with van der Waals surface area (Å²) in [6.45, 7) is 0.300. The van der Waals surface area contributed by atoms with E-state index in [0.29, 0.717) is 29.7 Å².